The van der Waals surface area contributed by atoms with E-state index in [-0.39, 0.29) is 5.75 Å². The van der Waals surface area contributed by atoms with Gasteiger partial charge in [0.1, 0.15) is 0 Å². The molecule has 0 heterocycles. The molecule has 7 heteroatoms. The highest BCUT2D eigenvalue weighted by molar-refractivity contribution is 5.67. The van der Waals surface area contributed by atoms with E-state index in [4.69, 9.17) is 0 Å². The third-order valence-electron chi connectivity index (χ3n) is 2.65. The maximum absolute atomic E-state index is 13.6. The van der Waals surface area contributed by atoms with Gasteiger partial charge in [-0.3, -0.25) is 0 Å². The molecule has 0 aliphatic heterocycles. The van der Waals surface area contributed by atoms with Crippen LogP contribution in [0, 0.1) is 34.9 Å². The molecule has 0 spiro atoms. The minimum absolute atomic E-state index is 0.383. The van der Waals surface area contributed by atoms with Crippen molar-refractivity contribution in [2.24, 2.45) is 0 Å². The summed E-state index contributed by atoms with van der Waals surface area (Å²) >= 11 is 0. The van der Waals surface area contributed by atoms with Crippen LogP contribution in [0.1, 0.15) is 0 Å². The Kier molecular flexibility index (Phi) is 3.61. The van der Waals surface area contributed by atoms with Gasteiger partial charge in [-0.25, -0.2) is 26.3 Å². The molecule has 0 N–H and O–H groups in total. The monoisotopic (exact) mass is 292 g/mol. The highest BCUT2D eigenvalue weighted by Crippen LogP contribution is 2.33. The summed E-state index contributed by atoms with van der Waals surface area (Å²) in [6, 6.07) is 2.52. The summed E-state index contributed by atoms with van der Waals surface area (Å²) in [5.41, 5.74) is -1.53. The fourth-order valence-electron chi connectivity index (χ4n) is 1.67. The fourth-order valence-corrected chi connectivity index (χ4v) is 1.67. The van der Waals surface area contributed by atoms with E-state index in [0.717, 1.165) is 25.3 Å². The lowest BCUT2D eigenvalue weighted by Crippen LogP contribution is -2.04. The van der Waals surface area contributed by atoms with Crippen LogP contribution >= 0.6 is 0 Å². The van der Waals surface area contributed by atoms with Gasteiger partial charge in [-0.15, -0.1) is 0 Å². The van der Waals surface area contributed by atoms with Crippen molar-refractivity contribution in [3.05, 3.63) is 53.1 Å². The van der Waals surface area contributed by atoms with Crippen molar-refractivity contribution >= 4 is 0 Å². The van der Waals surface area contributed by atoms with E-state index in [1.807, 2.05) is 0 Å². The summed E-state index contributed by atoms with van der Waals surface area (Å²) in [5.74, 6) is -11.6. The molecule has 1 nitrogen and oxygen atoms in total. The summed E-state index contributed by atoms with van der Waals surface area (Å²) in [7, 11) is 1.10. The van der Waals surface area contributed by atoms with Crippen LogP contribution in [0.4, 0.5) is 26.3 Å². The van der Waals surface area contributed by atoms with E-state index in [0.29, 0.717) is 0 Å². The van der Waals surface area contributed by atoms with Crippen molar-refractivity contribution in [3.63, 3.8) is 0 Å². The van der Waals surface area contributed by atoms with Crippen LogP contribution in [0.3, 0.4) is 0 Å². The molecule has 0 bridgehead atoms. The Morgan fingerprint density at radius 1 is 0.750 bits per heavy atom. The summed E-state index contributed by atoms with van der Waals surface area (Å²) in [6.45, 7) is 0. The molecule has 0 aromatic heterocycles. The number of ether oxygens (including phenoxy) is 1. The third kappa shape index (κ3) is 2.09. The van der Waals surface area contributed by atoms with Crippen molar-refractivity contribution in [1.82, 2.24) is 0 Å². The van der Waals surface area contributed by atoms with E-state index >= 15 is 0 Å². The molecular weight excluding hydrogens is 286 g/mol. The Morgan fingerprint density at radius 3 is 1.75 bits per heavy atom. The molecular formula is C13H6F6O. The highest BCUT2D eigenvalue weighted by atomic mass is 19.2. The van der Waals surface area contributed by atoms with Gasteiger partial charge >= 0.3 is 0 Å². The second-order valence-corrected chi connectivity index (χ2v) is 3.79. The summed E-state index contributed by atoms with van der Waals surface area (Å²) in [4.78, 5) is 0. The minimum Gasteiger partial charge on any atom is -0.494 e. The Bertz CT molecular complexity index is 654. The van der Waals surface area contributed by atoms with Crippen LogP contribution < -0.4 is 4.74 Å². The van der Waals surface area contributed by atoms with Crippen LogP contribution in [0.5, 0.6) is 5.75 Å². The van der Waals surface area contributed by atoms with Crippen LogP contribution in [0.15, 0.2) is 18.2 Å². The summed E-state index contributed by atoms with van der Waals surface area (Å²) < 4.78 is 84.0. The zero-order chi connectivity index (χ0) is 15.0. The normalized spacial score (nSPS) is 10.8. The Morgan fingerprint density at radius 2 is 1.25 bits per heavy atom. The fraction of sp³-hybridized carbons (Fsp3) is 0.0769. The quantitative estimate of drug-likeness (QED) is 0.458. The Balaban J connectivity index is 2.76. The maximum Gasteiger partial charge on any atom is 0.200 e. The minimum atomic E-state index is -2.25. The van der Waals surface area contributed by atoms with Gasteiger partial charge in [0.15, 0.2) is 34.8 Å². The van der Waals surface area contributed by atoms with Gasteiger partial charge < -0.3 is 4.74 Å². The first-order chi connectivity index (χ1) is 9.38. The average molecular weight is 292 g/mol. The average Bonchev–Trinajstić information content (AvgIpc) is 2.45. The van der Waals surface area contributed by atoms with Gasteiger partial charge in [0.05, 0.1) is 12.7 Å². The van der Waals surface area contributed by atoms with Crippen molar-refractivity contribution in [3.8, 4) is 16.9 Å². The molecule has 0 unspecified atom stereocenters. The number of halogens is 6. The molecule has 0 saturated heterocycles. The van der Waals surface area contributed by atoms with Crippen molar-refractivity contribution in [2.45, 2.75) is 0 Å². The first-order valence-corrected chi connectivity index (χ1v) is 5.23. The van der Waals surface area contributed by atoms with Gasteiger partial charge in [-0.1, -0.05) is 6.07 Å². The van der Waals surface area contributed by atoms with Crippen LogP contribution in [0.2, 0.25) is 0 Å². The first kappa shape index (κ1) is 14.2. The first-order valence-electron chi connectivity index (χ1n) is 5.23. The van der Waals surface area contributed by atoms with E-state index in [9.17, 15) is 26.3 Å². The lowest BCUT2D eigenvalue weighted by atomic mass is 10.0. The van der Waals surface area contributed by atoms with Crippen LogP contribution in [-0.2, 0) is 0 Å². The lowest BCUT2D eigenvalue weighted by molar-refractivity contribution is 0.380. The van der Waals surface area contributed by atoms with Gasteiger partial charge in [-0.05, 0) is 17.7 Å². The predicted octanol–water partition coefficient (Wildman–Crippen LogP) is 4.20. The topological polar surface area (TPSA) is 9.23 Å². The number of rotatable bonds is 2. The third-order valence-corrected chi connectivity index (χ3v) is 2.65. The maximum atomic E-state index is 13.6. The van der Waals surface area contributed by atoms with E-state index in [1.54, 1.807) is 0 Å². The van der Waals surface area contributed by atoms with Gasteiger partial charge in [0.25, 0.3) is 0 Å². The zero-order valence-corrected chi connectivity index (χ0v) is 9.91. The van der Waals surface area contributed by atoms with E-state index < -0.39 is 46.0 Å². The number of methoxy groups -OCH3 is 1. The highest BCUT2D eigenvalue weighted by Gasteiger charge is 2.26. The number of hydrogen-bond donors (Lipinski definition) is 0. The van der Waals surface area contributed by atoms with Gasteiger partial charge in [0.2, 0.25) is 5.82 Å². The zero-order valence-electron chi connectivity index (χ0n) is 9.91. The molecule has 20 heavy (non-hydrogen) atoms. The van der Waals surface area contributed by atoms with Crippen LogP contribution in [0.25, 0.3) is 11.1 Å². The predicted molar refractivity (Wildman–Crippen MR) is 58.2 cm³/mol. The molecule has 2 aromatic rings. The molecule has 0 radical (unpaired) electrons. The van der Waals surface area contributed by atoms with Gasteiger partial charge in [-0.2, -0.15) is 0 Å². The Hall–Kier alpha value is -2.18. The van der Waals surface area contributed by atoms with E-state index in [1.165, 1.54) is 0 Å². The van der Waals surface area contributed by atoms with E-state index in [2.05, 4.69) is 4.74 Å². The molecule has 2 rings (SSSR count). The molecule has 0 fully saturated rings. The molecule has 0 amide bonds. The second-order valence-electron chi connectivity index (χ2n) is 3.79. The Labute approximate surface area is 109 Å². The summed E-state index contributed by atoms with van der Waals surface area (Å²) in [5, 5.41) is 0. The number of benzene rings is 2. The molecule has 0 aliphatic carbocycles. The standard InChI is InChI=1S/C13H6F6O/c1-20-7-4-5(2-3-6(7)14)8-9(15)11(17)13(19)12(18)10(8)16/h2-4H,1H3. The molecule has 0 aliphatic rings. The van der Waals surface area contributed by atoms with Crippen molar-refractivity contribution in [2.75, 3.05) is 7.11 Å². The summed E-state index contributed by atoms with van der Waals surface area (Å²) in [6.07, 6.45) is 0. The smallest absolute Gasteiger partial charge is 0.200 e. The largest absolute Gasteiger partial charge is 0.494 e. The van der Waals surface area contributed by atoms with Gasteiger partial charge in [0, 0.05) is 0 Å². The molecule has 2 aromatic carbocycles. The molecule has 0 atom stereocenters. The van der Waals surface area contributed by atoms with Crippen LogP contribution in [-0.4, -0.2) is 7.11 Å². The molecule has 0 saturated carbocycles. The lowest BCUT2D eigenvalue weighted by Gasteiger charge is -2.10. The second kappa shape index (κ2) is 5.07. The van der Waals surface area contributed by atoms with Crippen molar-refractivity contribution in [1.29, 1.82) is 0 Å². The van der Waals surface area contributed by atoms with Crippen molar-refractivity contribution < 1.29 is 31.1 Å². The SMILES string of the molecule is COc1cc(-c2c(F)c(F)c(F)c(F)c2F)ccc1F. The number of hydrogen-bond acceptors (Lipinski definition) is 1. The molecule has 106 valence electrons.